The third-order valence-electron chi connectivity index (χ3n) is 6.36. The normalized spacial score (nSPS) is 17.1. The van der Waals surface area contributed by atoms with E-state index in [2.05, 4.69) is 25.7 Å². The van der Waals surface area contributed by atoms with Gasteiger partial charge in [-0.25, -0.2) is 8.42 Å². The minimum absolute atomic E-state index is 0.275. The molecule has 0 aliphatic carbocycles. The third-order valence-corrected chi connectivity index (χ3v) is 7.27. The topological polar surface area (TPSA) is 97.7 Å². The fourth-order valence-electron chi connectivity index (χ4n) is 4.80. The summed E-state index contributed by atoms with van der Waals surface area (Å²) in [5, 5.41) is 3.94. The van der Waals surface area contributed by atoms with Crippen LogP contribution in [0.5, 0.6) is 11.5 Å². The van der Waals surface area contributed by atoms with E-state index in [1.807, 2.05) is 72.6 Å². The maximum Gasteiger partial charge on any atom is 0.229 e. The Balaban J connectivity index is 1.63. The highest BCUT2D eigenvalue weighted by Gasteiger charge is 2.42. The molecule has 2 N–H and O–H groups in total. The first kappa shape index (κ1) is 26.5. The highest BCUT2D eigenvalue weighted by atomic mass is 32.2. The summed E-state index contributed by atoms with van der Waals surface area (Å²) in [6.07, 6.45) is 4.86. The lowest BCUT2D eigenvalue weighted by Gasteiger charge is -2.29. The van der Waals surface area contributed by atoms with Gasteiger partial charge in [0.2, 0.25) is 10.0 Å². The van der Waals surface area contributed by atoms with Crippen LogP contribution in [0.1, 0.15) is 30.4 Å². The van der Waals surface area contributed by atoms with Gasteiger partial charge in [-0.15, -0.1) is 0 Å². The number of anilines is 2. The molecule has 202 valence electrons. The number of sulfonamides is 1. The molecule has 0 saturated carbocycles. The molecule has 2 atom stereocenters. The molecular weight excluding hydrogens is 534 g/mol. The van der Waals surface area contributed by atoms with Crippen LogP contribution in [0.15, 0.2) is 85.2 Å². The van der Waals surface area contributed by atoms with Crippen LogP contribution in [0.2, 0.25) is 0 Å². The van der Waals surface area contributed by atoms with Gasteiger partial charge in [0.05, 0.1) is 37.4 Å². The van der Waals surface area contributed by atoms with E-state index in [4.69, 9.17) is 21.7 Å². The maximum atomic E-state index is 12.1. The van der Waals surface area contributed by atoms with Gasteiger partial charge in [0.1, 0.15) is 17.5 Å². The molecule has 9 nitrogen and oxygen atoms in total. The van der Waals surface area contributed by atoms with E-state index >= 15 is 0 Å². The molecule has 1 aliphatic heterocycles. The van der Waals surface area contributed by atoms with Gasteiger partial charge in [0.15, 0.2) is 5.11 Å². The maximum absolute atomic E-state index is 12.1. The molecule has 39 heavy (non-hydrogen) atoms. The van der Waals surface area contributed by atoms with E-state index in [0.717, 1.165) is 29.1 Å². The first-order valence-electron chi connectivity index (χ1n) is 12.4. The highest BCUT2D eigenvalue weighted by molar-refractivity contribution is 7.92. The molecule has 2 aromatic carbocycles. The minimum atomic E-state index is -3.55. The van der Waals surface area contributed by atoms with E-state index in [0.29, 0.717) is 28.8 Å². The van der Waals surface area contributed by atoms with Gasteiger partial charge in [-0.05, 0) is 85.9 Å². The Morgan fingerprint density at radius 1 is 1.05 bits per heavy atom. The molecular formula is C28H29N5O4S2. The number of ether oxygens (including phenoxy) is 2. The number of nitrogens with one attached hydrogen (secondary N) is 2. The van der Waals surface area contributed by atoms with Gasteiger partial charge in [0.25, 0.3) is 0 Å². The van der Waals surface area contributed by atoms with Crippen molar-refractivity contribution in [1.29, 1.82) is 0 Å². The fraction of sp³-hybridized carbons (Fsp3) is 0.214. The summed E-state index contributed by atoms with van der Waals surface area (Å²) in [7, 11) is -2.05. The van der Waals surface area contributed by atoms with Crippen molar-refractivity contribution in [2.75, 3.05) is 29.6 Å². The largest absolute Gasteiger partial charge is 0.495 e. The predicted octanol–water partition coefficient (Wildman–Crippen LogP) is 4.83. The zero-order valence-electron chi connectivity index (χ0n) is 21.7. The Morgan fingerprint density at radius 2 is 1.82 bits per heavy atom. The first-order valence-corrected chi connectivity index (χ1v) is 14.7. The van der Waals surface area contributed by atoms with Gasteiger partial charge in [-0.1, -0.05) is 6.07 Å². The number of rotatable bonds is 9. The van der Waals surface area contributed by atoms with Crippen molar-refractivity contribution in [3.05, 3.63) is 96.6 Å². The summed E-state index contributed by atoms with van der Waals surface area (Å²) in [5.41, 5.74) is 3.78. The number of benzene rings is 2. The van der Waals surface area contributed by atoms with Crippen LogP contribution >= 0.6 is 12.2 Å². The second kappa shape index (κ2) is 11.0. The summed E-state index contributed by atoms with van der Waals surface area (Å²) >= 11 is 5.86. The average molecular weight is 564 g/mol. The lowest BCUT2D eigenvalue weighted by atomic mass is 10.0. The van der Waals surface area contributed by atoms with Crippen molar-refractivity contribution in [3.8, 4) is 17.2 Å². The van der Waals surface area contributed by atoms with Crippen LogP contribution in [0.3, 0.4) is 0 Å². The van der Waals surface area contributed by atoms with E-state index in [9.17, 15) is 8.42 Å². The van der Waals surface area contributed by atoms with Crippen LogP contribution < -0.4 is 24.4 Å². The van der Waals surface area contributed by atoms with Crippen LogP contribution in [-0.2, 0) is 10.0 Å². The van der Waals surface area contributed by atoms with Crippen molar-refractivity contribution < 1.29 is 17.9 Å². The second-order valence-electron chi connectivity index (χ2n) is 8.99. The Bertz CT molecular complexity index is 1570. The lowest BCUT2D eigenvalue weighted by molar-refractivity contribution is 0.340. The zero-order valence-corrected chi connectivity index (χ0v) is 23.4. The number of aromatic nitrogens is 2. The van der Waals surface area contributed by atoms with Crippen molar-refractivity contribution in [1.82, 2.24) is 14.9 Å². The minimum Gasteiger partial charge on any atom is -0.495 e. The molecule has 1 aliphatic rings. The standard InChI is InChI=1S/C28H29N5O4S2/c1-4-37-21-13-10-19(11-14-21)32-17-7-9-24(32)27-26(22-8-5-6-16-29-22)30-28(38)33(27)20-12-15-25(36-2)23(18-20)31-39(3,34)35/h5-18,26-27,31H,4H2,1-3H3,(H,30,38)/t26-,27+/m0/s1. The quantitative estimate of drug-likeness (QED) is 0.280. The lowest BCUT2D eigenvalue weighted by Crippen LogP contribution is -2.30. The summed E-state index contributed by atoms with van der Waals surface area (Å²) < 4.78 is 39.9. The zero-order chi connectivity index (χ0) is 27.6. The van der Waals surface area contributed by atoms with Crippen molar-refractivity contribution in [2.45, 2.75) is 19.0 Å². The summed E-state index contributed by atoms with van der Waals surface area (Å²) in [6.45, 7) is 2.55. The smallest absolute Gasteiger partial charge is 0.229 e. The highest BCUT2D eigenvalue weighted by Crippen LogP contribution is 2.44. The molecule has 0 radical (unpaired) electrons. The molecule has 1 fully saturated rings. The molecule has 5 rings (SSSR count). The fourth-order valence-corrected chi connectivity index (χ4v) is 5.70. The van der Waals surface area contributed by atoms with Crippen molar-refractivity contribution >= 4 is 38.7 Å². The summed E-state index contributed by atoms with van der Waals surface area (Å²) in [6, 6.07) is 22.5. The van der Waals surface area contributed by atoms with E-state index in [-0.39, 0.29) is 12.1 Å². The van der Waals surface area contributed by atoms with Crippen LogP contribution in [0.4, 0.5) is 11.4 Å². The number of hydrogen-bond donors (Lipinski definition) is 2. The van der Waals surface area contributed by atoms with Gasteiger partial charge < -0.3 is 24.3 Å². The van der Waals surface area contributed by atoms with E-state index in [1.165, 1.54) is 7.11 Å². The molecule has 0 bridgehead atoms. The number of methoxy groups -OCH3 is 1. The molecule has 0 spiro atoms. The molecule has 0 amide bonds. The Hall–Kier alpha value is -4.09. The van der Waals surface area contributed by atoms with Crippen molar-refractivity contribution in [3.63, 3.8) is 0 Å². The molecule has 11 heteroatoms. The van der Waals surface area contributed by atoms with Crippen LogP contribution in [0, 0.1) is 0 Å². The van der Waals surface area contributed by atoms with Gasteiger partial charge in [0, 0.05) is 29.5 Å². The monoisotopic (exact) mass is 563 g/mol. The summed E-state index contributed by atoms with van der Waals surface area (Å²) in [5.74, 6) is 1.20. The Morgan fingerprint density at radius 3 is 2.49 bits per heavy atom. The molecule has 3 heterocycles. The summed E-state index contributed by atoms with van der Waals surface area (Å²) in [4.78, 5) is 6.61. The predicted molar refractivity (Wildman–Crippen MR) is 156 cm³/mol. The van der Waals surface area contributed by atoms with E-state index < -0.39 is 10.0 Å². The SMILES string of the molecule is CCOc1ccc(-n2cccc2[C@@H]2[C@H](c3ccccn3)NC(=S)N2c2ccc(OC)c(NS(C)(=O)=O)c2)cc1. The first-order chi connectivity index (χ1) is 18.8. The number of thiocarbonyl (C=S) groups is 1. The van der Waals surface area contributed by atoms with Crippen LogP contribution in [-0.4, -0.2) is 43.1 Å². The third kappa shape index (κ3) is 5.55. The average Bonchev–Trinajstić information content (AvgIpc) is 3.53. The Kier molecular flexibility index (Phi) is 7.45. The van der Waals surface area contributed by atoms with Crippen LogP contribution in [0.25, 0.3) is 5.69 Å². The van der Waals surface area contributed by atoms with Crippen molar-refractivity contribution in [2.24, 2.45) is 0 Å². The number of pyridine rings is 1. The number of nitrogens with zero attached hydrogens (tertiary/aromatic N) is 3. The van der Waals surface area contributed by atoms with Gasteiger partial charge in [-0.2, -0.15) is 0 Å². The Labute approximate surface area is 233 Å². The molecule has 2 aromatic heterocycles. The second-order valence-corrected chi connectivity index (χ2v) is 11.1. The number of hydrogen-bond acceptors (Lipinski definition) is 6. The molecule has 0 unspecified atom stereocenters. The molecule has 4 aromatic rings. The van der Waals surface area contributed by atoms with E-state index in [1.54, 1.807) is 18.3 Å². The van der Waals surface area contributed by atoms with Gasteiger partial charge >= 0.3 is 0 Å². The molecule has 1 saturated heterocycles. The van der Waals surface area contributed by atoms with Gasteiger partial charge in [-0.3, -0.25) is 9.71 Å².